The van der Waals surface area contributed by atoms with Gasteiger partial charge in [-0.2, -0.15) is 0 Å². The molecule has 0 aliphatic rings. The molecule has 0 amide bonds. The molecule has 150 valence electrons. The summed E-state index contributed by atoms with van der Waals surface area (Å²) in [6.07, 6.45) is 1.88. The molecule has 3 nitrogen and oxygen atoms in total. The molecule has 0 spiro atoms. The first-order valence-corrected chi connectivity index (χ1v) is 10.4. The van der Waals surface area contributed by atoms with Crippen LogP contribution in [-0.4, -0.2) is 30.2 Å². The summed E-state index contributed by atoms with van der Waals surface area (Å²) in [7, 11) is 1.69. The molecule has 0 radical (unpaired) electrons. The number of hydrogen-bond donors (Lipinski definition) is 1. The molecule has 4 heteroatoms. The Morgan fingerprint density at radius 2 is 1.38 bits per heavy atom. The second kappa shape index (κ2) is 11.2. The smallest absolute Gasteiger partial charge is 0.169 e. The molecule has 0 aliphatic carbocycles. The van der Waals surface area contributed by atoms with Crippen LogP contribution in [0.15, 0.2) is 84.9 Å². The van der Waals surface area contributed by atoms with E-state index in [2.05, 4.69) is 76.9 Å². The third-order valence-corrected chi connectivity index (χ3v) is 5.27. The SMILES string of the molecule is COc1ccc(CCNC(=S)N(CCc2ccccc2)Cc2ccccc2)cc1. The van der Waals surface area contributed by atoms with Crippen molar-refractivity contribution in [2.24, 2.45) is 0 Å². The highest BCUT2D eigenvalue weighted by atomic mass is 32.1. The maximum atomic E-state index is 5.74. The maximum Gasteiger partial charge on any atom is 0.169 e. The highest BCUT2D eigenvalue weighted by molar-refractivity contribution is 7.80. The van der Waals surface area contributed by atoms with Crippen molar-refractivity contribution in [3.05, 3.63) is 102 Å². The fourth-order valence-corrected chi connectivity index (χ4v) is 3.44. The zero-order valence-corrected chi connectivity index (χ0v) is 17.7. The average molecular weight is 405 g/mol. The molecule has 3 aromatic carbocycles. The van der Waals surface area contributed by atoms with Gasteiger partial charge < -0.3 is 15.0 Å². The summed E-state index contributed by atoms with van der Waals surface area (Å²) in [6, 6.07) is 29.2. The van der Waals surface area contributed by atoms with Gasteiger partial charge in [0.25, 0.3) is 0 Å². The standard InChI is InChI=1S/C25H28N2OS/c1-28-24-14-12-22(13-15-24)16-18-26-25(29)27(20-23-10-6-3-7-11-23)19-17-21-8-4-2-5-9-21/h2-15H,16-20H2,1H3,(H,26,29). The summed E-state index contributed by atoms with van der Waals surface area (Å²) in [5.74, 6) is 0.882. The molecule has 3 aromatic rings. The van der Waals surface area contributed by atoms with Crippen LogP contribution in [-0.2, 0) is 19.4 Å². The lowest BCUT2D eigenvalue weighted by Gasteiger charge is -2.26. The molecule has 0 saturated carbocycles. The molecule has 0 saturated heterocycles. The Balaban J connectivity index is 1.56. The molecule has 29 heavy (non-hydrogen) atoms. The number of rotatable bonds is 9. The normalized spacial score (nSPS) is 10.4. The average Bonchev–Trinajstić information content (AvgIpc) is 2.78. The van der Waals surface area contributed by atoms with E-state index in [1.807, 2.05) is 18.2 Å². The predicted octanol–water partition coefficient (Wildman–Crippen LogP) is 4.86. The number of methoxy groups -OCH3 is 1. The summed E-state index contributed by atoms with van der Waals surface area (Å²) in [4.78, 5) is 2.26. The number of thiocarbonyl (C=S) groups is 1. The van der Waals surface area contributed by atoms with Crippen LogP contribution in [0.2, 0.25) is 0 Å². The van der Waals surface area contributed by atoms with Gasteiger partial charge in [0.2, 0.25) is 0 Å². The van der Waals surface area contributed by atoms with E-state index >= 15 is 0 Å². The summed E-state index contributed by atoms with van der Waals surface area (Å²) >= 11 is 5.74. The molecule has 0 bridgehead atoms. The highest BCUT2D eigenvalue weighted by Gasteiger charge is 2.10. The van der Waals surface area contributed by atoms with Gasteiger partial charge in [0.1, 0.15) is 5.75 Å². The van der Waals surface area contributed by atoms with Crippen LogP contribution in [0.3, 0.4) is 0 Å². The molecule has 0 heterocycles. The van der Waals surface area contributed by atoms with E-state index in [-0.39, 0.29) is 0 Å². The molecular weight excluding hydrogens is 376 g/mol. The lowest BCUT2D eigenvalue weighted by atomic mass is 10.1. The largest absolute Gasteiger partial charge is 0.497 e. The molecule has 0 aliphatic heterocycles. The van der Waals surface area contributed by atoms with Crippen LogP contribution in [0.4, 0.5) is 0 Å². The summed E-state index contributed by atoms with van der Waals surface area (Å²) in [5, 5.41) is 4.25. The van der Waals surface area contributed by atoms with Gasteiger partial charge >= 0.3 is 0 Å². The first kappa shape index (κ1) is 20.9. The summed E-state index contributed by atoms with van der Waals surface area (Å²) in [5.41, 5.74) is 3.85. The van der Waals surface area contributed by atoms with E-state index in [9.17, 15) is 0 Å². The van der Waals surface area contributed by atoms with Crippen molar-refractivity contribution in [3.8, 4) is 5.75 Å². The number of benzene rings is 3. The van der Waals surface area contributed by atoms with Crippen LogP contribution in [0.1, 0.15) is 16.7 Å². The minimum atomic E-state index is 0.804. The van der Waals surface area contributed by atoms with Crippen LogP contribution >= 0.6 is 12.2 Å². The van der Waals surface area contributed by atoms with Gasteiger partial charge in [0.05, 0.1) is 7.11 Å². The monoisotopic (exact) mass is 404 g/mol. The van der Waals surface area contributed by atoms with E-state index < -0.39 is 0 Å². The van der Waals surface area contributed by atoms with Crippen molar-refractivity contribution in [2.75, 3.05) is 20.2 Å². The molecule has 0 aromatic heterocycles. The Hall–Kier alpha value is -2.85. The van der Waals surface area contributed by atoms with Crippen molar-refractivity contribution in [2.45, 2.75) is 19.4 Å². The van der Waals surface area contributed by atoms with E-state index in [4.69, 9.17) is 17.0 Å². The topological polar surface area (TPSA) is 24.5 Å². The fourth-order valence-electron chi connectivity index (χ4n) is 3.18. The van der Waals surface area contributed by atoms with Crippen molar-refractivity contribution in [1.29, 1.82) is 0 Å². The van der Waals surface area contributed by atoms with Gasteiger partial charge in [-0.3, -0.25) is 0 Å². The van der Waals surface area contributed by atoms with Crippen LogP contribution in [0.5, 0.6) is 5.75 Å². The minimum absolute atomic E-state index is 0.804. The van der Waals surface area contributed by atoms with E-state index in [1.54, 1.807) is 7.11 Å². The van der Waals surface area contributed by atoms with Gasteiger partial charge in [-0.05, 0) is 53.9 Å². The highest BCUT2D eigenvalue weighted by Crippen LogP contribution is 2.12. The van der Waals surface area contributed by atoms with Crippen LogP contribution in [0, 0.1) is 0 Å². The molecular formula is C25H28N2OS. The summed E-state index contributed by atoms with van der Waals surface area (Å²) in [6.45, 7) is 2.50. The van der Waals surface area contributed by atoms with Gasteiger partial charge in [0.15, 0.2) is 5.11 Å². The van der Waals surface area contributed by atoms with Crippen LogP contribution in [0.25, 0.3) is 0 Å². The first-order chi connectivity index (χ1) is 14.2. The Bertz CT molecular complexity index is 866. The fraction of sp³-hybridized carbons (Fsp3) is 0.240. The molecule has 0 unspecified atom stereocenters. The van der Waals surface area contributed by atoms with E-state index in [1.165, 1.54) is 16.7 Å². The Morgan fingerprint density at radius 3 is 2.00 bits per heavy atom. The lowest BCUT2D eigenvalue weighted by molar-refractivity contribution is 0.409. The second-order valence-corrected chi connectivity index (χ2v) is 7.36. The maximum absolute atomic E-state index is 5.74. The number of nitrogens with zero attached hydrogens (tertiary/aromatic N) is 1. The molecule has 1 N–H and O–H groups in total. The van der Waals surface area contributed by atoms with Gasteiger partial charge in [0, 0.05) is 19.6 Å². The Kier molecular flexibility index (Phi) is 8.08. The zero-order valence-electron chi connectivity index (χ0n) is 16.9. The van der Waals surface area contributed by atoms with Crippen molar-refractivity contribution in [3.63, 3.8) is 0 Å². The third kappa shape index (κ3) is 6.91. The zero-order chi connectivity index (χ0) is 20.3. The second-order valence-electron chi connectivity index (χ2n) is 6.97. The van der Waals surface area contributed by atoms with Gasteiger partial charge in [-0.1, -0.05) is 72.8 Å². The van der Waals surface area contributed by atoms with Gasteiger partial charge in [-0.25, -0.2) is 0 Å². The number of ether oxygens (including phenoxy) is 1. The molecule has 0 atom stereocenters. The minimum Gasteiger partial charge on any atom is -0.497 e. The van der Waals surface area contributed by atoms with Crippen LogP contribution < -0.4 is 10.1 Å². The number of hydrogen-bond acceptors (Lipinski definition) is 2. The molecule has 3 rings (SSSR count). The Morgan fingerprint density at radius 1 is 0.793 bits per heavy atom. The predicted molar refractivity (Wildman–Crippen MR) is 124 cm³/mol. The lowest BCUT2D eigenvalue weighted by Crippen LogP contribution is -2.41. The van der Waals surface area contributed by atoms with E-state index in [0.29, 0.717) is 0 Å². The first-order valence-electron chi connectivity index (χ1n) is 9.98. The van der Waals surface area contributed by atoms with Gasteiger partial charge in [-0.15, -0.1) is 0 Å². The quantitative estimate of drug-likeness (QED) is 0.515. The summed E-state index contributed by atoms with van der Waals surface area (Å²) < 4.78 is 5.22. The molecule has 0 fully saturated rings. The Labute approximate surface area is 179 Å². The van der Waals surface area contributed by atoms with Crippen molar-refractivity contribution in [1.82, 2.24) is 10.2 Å². The number of nitrogens with one attached hydrogen (secondary N) is 1. The van der Waals surface area contributed by atoms with Crippen molar-refractivity contribution >= 4 is 17.3 Å². The van der Waals surface area contributed by atoms with E-state index in [0.717, 1.165) is 43.3 Å². The third-order valence-electron chi connectivity index (χ3n) is 4.87. The van der Waals surface area contributed by atoms with Crippen molar-refractivity contribution < 1.29 is 4.74 Å².